The van der Waals surface area contributed by atoms with Crippen LogP contribution in [0.4, 0.5) is 0 Å². The van der Waals surface area contributed by atoms with Gasteiger partial charge in [0.2, 0.25) is 10.0 Å². The normalized spacial score (nSPS) is 11.4. The average molecular weight is 479 g/mol. The molecule has 31 heavy (non-hydrogen) atoms. The van der Waals surface area contributed by atoms with Gasteiger partial charge in [-0.3, -0.25) is 20.4 Å². The zero-order valence-electron chi connectivity index (χ0n) is 16.8. The van der Waals surface area contributed by atoms with Gasteiger partial charge in [0.1, 0.15) is 9.88 Å². The van der Waals surface area contributed by atoms with E-state index in [1.165, 1.54) is 37.6 Å². The van der Waals surface area contributed by atoms with Crippen LogP contribution in [0.2, 0.25) is 5.02 Å². The van der Waals surface area contributed by atoms with Gasteiger partial charge in [-0.15, -0.1) is 11.3 Å². The maximum Gasteiger partial charge on any atom is 0.281 e. The molecule has 3 rings (SSSR count). The molecule has 0 spiro atoms. The number of hydrogen-bond donors (Lipinski definition) is 2. The van der Waals surface area contributed by atoms with Crippen molar-refractivity contribution in [2.24, 2.45) is 0 Å². The molecular weight excluding hydrogens is 460 g/mol. The van der Waals surface area contributed by atoms with Crippen LogP contribution in [0.25, 0.3) is 10.6 Å². The van der Waals surface area contributed by atoms with Gasteiger partial charge in [-0.05, 0) is 25.1 Å². The molecular formula is C20H19ClN4O4S2. The molecule has 11 heteroatoms. The van der Waals surface area contributed by atoms with E-state index < -0.39 is 21.8 Å². The molecule has 0 atom stereocenters. The zero-order valence-corrected chi connectivity index (χ0v) is 19.2. The van der Waals surface area contributed by atoms with E-state index in [0.717, 1.165) is 15.9 Å². The van der Waals surface area contributed by atoms with Crippen molar-refractivity contribution >= 4 is 44.8 Å². The van der Waals surface area contributed by atoms with Gasteiger partial charge in [0.05, 0.1) is 21.2 Å². The minimum Gasteiger partial charge on any atom is -0.267 e. The molecule has 0 unspecified atom stereocenters. The summed E-state index contributed by atoms with van der Waals surface area (Å²) in [6.07, 6.45) is 0. The highest BCUT2D eigenvalue weighted by Gasteiger charge is 2.22. The van der Waals surface area contributed by atoms with E-state index in [1.54, 1.807) is 6.92 Å². The lowest BCUT2D eigenvalue weighted by Crippen LogP contribution is -2.41. The van der Waals surface area contributed by atoms with Crippen molar-refractivity contribution in [1.82, 2.24) is 20.1 Å². The fourth-order valence-corrected chi connectivity index (χ4v) is 4.70. The van der Waals surface area contributed by atoms with Crippen molar-refractivity contribution in [3.8, 4) is 10.6 Å². The van der Waals surface area contributed by atoms with E-state index in [1.807, 2.05) is 30.3 Å². The van der Waals surface area contributed by atoms with Gasteiger partial charge in [0, 0.05) is 19.7 Å². The highest BCUT2D eigenvalue weighted by Crippen LogP contribution is 2.27. The summed E-state index contributed by atoms with van der Waals surface area (Å²) in [5, 5.41) is 0.726. The Balaban J connectivity index is 1.76. The van der Waals surface area contributed by atoms with Crippen LogP contribution in [0.5, 0.6) is 0 Å². The lowest BCUT2D eigenvalue weighted by molar-refractivity contribution is 0.0848. The smallest absolute Gasteiger partial charge is 0.267 e. The predicted octanol–water partition coefficient (Wildman–Crippen LogP) is 3.10. The number of nitrogens with one attached hydrogen (secondary N) is 2. The second-order valence-electron chi connectivity index (χ2n) is 6.64. The monoisotopic (exact) mass is 478 g/mol. The van der Waals surface area contributed by atoms with Gasteiger partial charge in [0.25, 0.3) is 11.8 Å². The van der Waals surface area contributed by atoms with Crippen molar-refractivity contribution in [2.75, 3.05) is 14.1 Å². The first-order valence-electron chi connectivity index (χ1n) is 8.97. The molecule has 162 valence electrons. The van der Waals surface area contributed by atoms with Crippen LogP contribution in [-0.2, 0) is 10.0 Å². The fraction of sp³-hybridized carbons (Fsp3) is 0.150. The Hall–Kier alpha value is -2.79. The molecule has 2 amide bonds. The maximum atomic E-state index is 12.6. The number of thiazole rings is 1. The summed E-state index contributed by atoms with van der Waals surface area (Å²) in [6, 6.07) is 13.2. The molecule has 3 aromatic rings. The molecule has 0 radical (unpaired) electrons. The molecule has 0 bridgehead atoms. The number of halogens is 1. The second-order valence-corrected chi connectivity index (χ2v) is 10.2. The molecule has 0 saturated carbocycles. The number of nitrogens with zero attached hydrogens (tertiary/aromatic N) is 2. The number of benzene rings is 2. The number of carbonyl (C=O) groups excluding carboxylic acids is 2. The van der Waals surface area contributed by atoms with Crippen molar-refractivity contribution in [3.05, 3.63) is 69.7 Å². The zero-order chi connectivity index (χ0) is 22.8. The first-order valence-corrected chi connectivity index (χ1v) is 11.6. The second kappa shape index (κ2) is 9.15. The number of rotatable bonds is 5. The predicted molar refractivity (Wildman–Crippen MR) is 120 cm³/mol. The van der Waals surface area contributed by atoms with E-state index in [-0.39, 0.29) is 15.5 Å². The minimum atomic E-state index is -3.75. The van der Waals surface area contributed by atoms with Crippen LogP contribution in [0.1, 0.15) is 25.7 Å². The van der Waals surface area contributed by atoms with Gasteiger partial charge in [-0.1, -0.05) is 41.9 Å². The maximum absolute atomic E-state index is 12.6. The molecule has 0 aliphatic heterocycles. The molecule has 0 fully saturated rings. The van der Waals surface area contributed by atoms with Gasteiger partial charge in [-0.25, -0.2) is 17.7 Å². The van der Waals surface area contributed by atoms with Crippen molar-refractivity contribution in [2.45, 2.75) is 11.8 Å². The van der Waals surface area contributed by atoms with E-state index >= 15 is 0 Å². The van der Waals surface area contributed by atoms with Gasteiger partial charge in [0.15, 0.2) is 0 Å². The highest BCUT2D eigenvalue weighted by atomic mass is 35.5. The Labute approximate surface area is 188 Å². The summed E-state index contributed by atoms with van der Waals surface area (Å²) in [4.78, 5) is 29.7. The van der Waals surface area contributed by atoms with Crippen LogP contribution in [0.15, 0.2) is 53.4 Å². The standard InChI is InChI=1S/C20H19ClN4O4S2/c1-12-17(30-20(22-12)13-7-5-4-6-8-13)19(27)24-23-18(26)15-11-14(9-10-16(15)21)31(28,29)25(2)3/h4-11H,1-3H3,(H,23,26)(H,24,27). The van der Waals surface area contributed by atoms with Crippen LogP contribution in [0.3, 0.4) is 0 Å². The number of sulfonamides is 1. The van der Waals surface area contributed by atoms with Crippen LogP contribution in [0, 0.1) is 6.92 Å². The van der Waals surface area contributed by atoms with E-state index in [2.05, 4.69) is 15.8 Å². The summed E-state index contributed by atoms with van der Waals surface area (Å²) in [5.74, 6) is -1.29. The Kier molecular flexibility index (Phi) is 6.75. The van der Waals surface area contributed by atoms with E-state index in [0.29, 0.717) is 15.6 Å². The Morgan fingerprint density at radius 3 is 2.32 bits per heavy atom. The van der Waals surface area contributed by atoms with Gasteiger partial charge in [-0.2, -0.15) is 0 Å². The summed E-state index contributed by atoms with van der Waals surface area (Å²) < 4.78 is 25.6. The molecule has 0 saturated heterocycles. The van der Waals surface area contributed by atoms with Crippen LogP contribution >= 0.6 is 22.9 Å². The van der Waals surface area contributed by atoms with E-state index in [9.17, 15) is 18.0 Å². The molecule has 1 aromatic heterocycles. The first-order chi connectivity index (χ1) is 14.6. The molecule has 2 aromatic carbocycles. The molecule has 0 aliphatic carbocycles. The number of aromatic nitrogens is 1. The van der Waals surface area contributed by atoms with Crippen LogP contribution < -0.4 is 10.9 Å². The lowest BCUT2D eigenvalue weighted by atomic mass is 10.2. The summed E-state index contributed by atoms with van der Waals surface area (Å²) in [6.45, 7) is 1.70. The number of amides is 2. The van der Waals surface area contributed by atoms with Crippen molar-refractivity contribution in [3.63, 3.8) is 0 Å². The first kappa shape index (κ1) is 22.9. The van der Waals surface area contributed by atoms with Gasteiger partial charge >= 0.3 is 0 Å². The third-order valence-electron chi connectivity index (χ3n) is 4.27. The Bertz CT molecular complexity index is 1240. The van der Waals surface area contributed by atoms with Crippen molar-refractivity contribution in [1.29, 1.82) is 0 Å². The summed E-state index contributed by atoms with van der Waals surface area (Å²) >= 11 is 7.25. The highest BCUT2D eigenvalue weighted by molar-refractivity contribution is 7.89. The fourth-order valence-electron chi connectivity index (χ4n) is 2.60. The largest absolute Gasteiger partial charge is 0.281 e. The van der Waals surface area contributed by atoms with E-state index in [4.69, 9.17) is 11.6 Å². The number of carbonyl (C=O) groups is 2. The summed E-state index contributed by atoms with van der Waals surface area (Å²) in [5.41, 5.74) is 5.91. The Morgan fingerprint density at radius 2 is 1.68 bits per heavy atom. The number of aryl methyl sites for hydroxylation is 1. The summed E-state index contributed by atoms with van der Waals surface area (Å²) in [7, 11) is -0.992. The molecule has 8 nitrogen and oxygen atoms in total. The SMILES string of the molecule is Cc1nc(-c2ccccc2)sc1C(=O)NNC(=O)c1cc(S(=O)(=O)N(C)C)ccc1Cl. The third-order valence-corrected chi connectivity index (χ3v) is 7.62. The quantitative estimate of drug-likeness (QED) is 0.548. The average Bonchev–Trinajstić information content (AvgIpc) is 3.14. The van der Waals surface area contributed by atoms with Gasteiger partial charge < -0.3 is 0 Å². The molecule has 0 aliphatic rings. The topological polar surface area (TPSA) is 108 Å². The Morgan fingerprint density at radius 1 is 1.03 bits per heavy atom. The third kappa shape index (κ3) is 4.93. The molecule has 1 heterocycles. The molecule has 2 N–H and O–H groups in total. The minimum absolute atomic E-state index is 0.0461. The van der Waals surface area contributed by atoms with Crippen molar-refractivity contribution < 1.29 is 18.0 Å². The lowest BCUT2D eigenvalue weighted by Gasteiger charge is -2.13. The number of hydrogen-bond acceptors (Lipinski definition) is 6. The van der Waals surface area contributed by atoms with Crippen LogP contribution in [-0.4, -0.2) is 43.6 Å². The number of hydrazine groups is 1.